The highest BCUT2D eigenvalue weighted by Crippen LogP contribution is 2.25. The SMILES string of the molecule is O=C(CN1CCCCC1C(=O)O)Nc1nc2ccccc2s1. The summed E-state index contributed by atoms with van der Waals surface area (Å²) in [6.07, 6.45) is 2.43. The number of para-hydroxylation sites is 1. The fraction of sp³-hybridized carbons (Fsp3) is 0.400. The molecule has 1 unspecified atom stereocenters. The van der Waals surface area contributed by atoms with Crippen LogP contribution in [-0.4, -0.2) is 46.0 Å². The summed E-state index contributed by atoms with van der Waals surface area (Å²) in [7, 11) is 0. The summed E-state index contributed by atoms with van der Waals surface area (Å²) >= 11 is 1.42. The van der Waals surface area contributed by atoms with Crippen LogP contribution < -0.4 is 5.32 Å². The molecule has 1 aliphatic heterocycles. The van der Waals surface area contributed by atoms with Gasteiger partial charge in [-0.15, -0.1) is 0 Å². The number of carboxylic acid groups (broad SMARTS) is 1. The summed E-state index contributed by atoms with van der Waals surface area (Å²) in [5.41, 5.74) is 0.851. The normalized spacial score (nSPS) is 19.2. The number of rotatable bonds is 4. The number of hydrogen-bond acceptors (Lipinski definition) is 5. The van der Waals surface area contributed by atoms with Crippen molar-refractivity contribution in [3.05, 3.63) is 24.3 Å². The first-order valence-corrected chi connectivity index (χ1v) is 8.07. The fourth-order valence-corrected chi connectivity index (χ4v) is 3.61. The maximum absolute atomic E-state index is 12.1. The first-order chi connectivity index (χ1) is 10.6. The molecule has 0 aliphatic carbocycles. The second kappa shape index (κ2) is 6.41. The summed E-state index contributed by atoms with van der Waals surface area (Å²) in [5, 5.41) is 12.5. The van der Waals surface area contributed by atoms with Gasteiger partial charge in [-0.3, -0.25) is 14.5 Å². The number of likely N-dealkylation sites (tertiary alicyclic amines) is 1. The maximum atomic E-state index is 12.1. The zero-order valence-electron chi connectivity index (χ0n) is 12.0. The Bertz CT molecular complexity index is 667. The standard InChI is InChI=1S/C15H17N3O3S/c19-13(9-18-8-4-3-6-11(18)14(20)21)17-15-16-10-5-1-2-7-12(10)22-15/h1-2,5,7,11H,3-4,6,8-9H2,(H,20,21)(H,16,17,19). The van der Waals surface area contributed by atoms with Gasteiger partial charge in [0.15, 0.2) is 5.13 Å². The molecule has 2 heterocycles. The molecule has 0 saturated carbocycles. The second-order valence-corrected chi connectivity index (χ2v) is 6.39. The maximum Gasteiger partial charge on any atom is 0.320 e. The monoisotopic (exact) mass is 319 g/mol. The molecule has 7 heteroatoms. The number of carbonyl (C=O) groups is 2. The lowest BCUT2D eigenvalue weighted by atomic mass is 10.0. The zero-order chi connectivity index (χ0) is 15.5. The number of fused-ring (bicyclic) bond motifs is 1. The molecule has 1 amide bonds. The van der Waals surface area contributed by atoms with Gasteiger partial charge >= 0.3 is 5.97 Å². The van der Waals surface area contributed by atoms with Crippen molar-refractivity contribution in [2.75, 3.05) is 18.4 Å². The third-order valence-electron chi connectivity index (χ3n) is 3.79. The number of anilines is 1. The largest absolute Gasteiger partial charge is 0.480 e. The van der Waals surface area contributed by atoms with E-state index in [9.17, 15) is 14.7 Å². The van der Waals surface area contributed by atoms with E-state index < -0.39 is 12.0 Å². The Balaban J connectivity index is 1.65. The Morgan fingerprint density at radius 3 is 2.95 bits per heavy atom. The molecule has 3 rings (SSSR count). The van der Waals surface area contributed by atoms with Gasteiger partial charge in [0.25, 0.3) is 0 Å². The van der Waals surface area contributed by atoms with Crippen LogP contribution in [0.3, 0.4) is 0 Å². The third-order valence-corrected chi connectivity index (χ3v) is 4.74. The van der Waals surface area contributed by atoms with Crippen LogP contribution in [0.5, 0.6) is 0 Å². The second-order valence-electron chi connectivity index (χ2n) is 5.36. The van der Waals surface area contributed by atoms with Crippen LogP contribution >= 0.6 is 11.3 Å². The Hall–Kier alpha value is -1.99. The van der Waals surface area contributed by atoms with Crippen LogP contribution in [-0.2, 0) is 9.59 Å². The minimum Gasteiger partial charge on any atom is -0.480 e. The highest BCUT2D eigenvalue weighted by atomic mass is 32.1. The Morgan fingerprint density at radius 1 is 1.36 bits per heavy atom. The topological polar surface area (TPSA) is 82.5 Å². The molecule has 1 saturated heterocycles. The van der Waals surface area contributed by atoms with Gasteiger partial charge in [0, 0.05) is 0 Å². The van der Waals surface area contributed by atoms with E-state index in [1.807, 2.05) is 24.3 Å². The number of benzene rings is 1. The predicted molar refractivity (Wildman–Crippen MR) is 85.1 cm³/mol. The molecule has 1 aliphatic rings. The number of nitrogens with zero attached hydrogens (tertiary/aromatic N) is 2. The van der Waals surface area contributed by atoms with Crippen molar-refractivity contribution in [1.29, 1.82) is 0 Å². The average Bonchev–Trinajstić information content (AvgIpc) is 2.89. The molecule has 2 N–H and O–H groups in total. The van der Waals surface area contributed by atoms with Gasteiger partial charge < -0.3 is 10.4 Å². The number of carboxylic acids is 1. The summed E-state index contributed by atoms with van der Waals surface area (Å²) < 4.78 is 1.01. The molecule has 6 nitrogen and oxygen atoms in total. The van der Waals surface area contributed by atoms with E-state index in [2.05, 4.69) is 10.3 Å². The van der Waals surface area contributed by atoms with Gasteiger partial charge in [-0.1, -0.05) is 29.9 Å². The number of amides is 1. The number of thiazole rings is 1. The van der Waals surface area contributed by atoms with Crippen LogP contribution in [0.15, 0.2) is 24.3 Å². The lowest BCUT2D eigenvalue weighted by Crippen LogP contribution is -2.47. The summed E-state index contributed by atoms with van der Waals surface area (Å²) in [4.78, 5) is 29.5. The number of aromatic nitrogens is 1. The minimum absolute atomic E-state index is 0.0902. The van der Waals surface area contributed by atoms with Crippen LogP contribution in [0.2, 0.25) is 0 Å². The van der Waals surface area contributed by atoms with Gasteiger partial charge in [-0.25, -0.2) is 4.98 Å². The smallest absolute Gasteiger partial charge is 0.320 e. The van der Waals surface area contributed by atoms with Gasteiger partial charge in [0.1, 0.15) is 6.04 Å². The quantitative estimate of drug-likeness (QED) is 0.902. The van der Waals surface area contributed by atoms with E-state index in [1.54, 1.807) is 4.90 Å². The third kappa shape index (κ3) is 3.26. The summed E-state index contributed by atoms with van der Waals surface area (Å²) in [6.45, 7) is 0.733. The van der Waals surface area contributed by atoms with E-state index in [0.29, 0.717) is 18.1 Å². The number of aliphatic carboxylic acids is 1. The van der Waals surface area contributed by atoms with Gasteiger partial charge in [0.05, 0.1) is 16.8 Å². The number of hydrogen-bond donors (Lipinski definition) is 2. The van der Waals surface area contributed by atoms with E-state index >= 15 is 0 Å². The number of nitrogens with one attached hydrogen (secondary N) is 1. The molecule has 1 fully saturated rings. The molecule has 0 radical (unpaired) electrons. The van der Waals surface area contributed by atoms with Gasteiger partial charge in [-0.05, 0) is 31.5 Å². The van der Waals surface area contributed by atoms with Crippen molar-refractivity contribution < 1.29 is 14.7 Å². The molecular weight excluding hydrogens is 302 g/mol. The first-order valence-electron chi connectivity index (χ1n) is 7.26. The lowest BCUT2D eigenvalue weighted by molar-refractivity contribution is -0.145. The first kappa shape index (κ1) is 14.9. The molecule has 1 aromatic heterocycles. The predicted octanol–water partition coefficient (Wildman–Crippen LogP) is 2.17. The Kier molecular flexibility index (Phi) is 4.35. The molecule has 0 bridgehead atoms. The molecule has 1 atom stereocenters. The summed E-state index contributed by atoms with van der Waals surface area (Å²) in [6, 6.07) is 7.12. The van der Waals surface area contributed by atoms with E-state index in [4.69, 9.17) is 0 Å². The van der Waals surface area contributed by atoms with Gasteiger partial charge in [-0.2, -0.15) is 0 Å². The van der Waals surface area contributed by atoms with Crippen molar-refractivity contribution in [2.45, 2.75) is 25.3 Å². The molecule has 2 aromatic rings. The average molecular weight is 319 g/mol. The summed E-state index contributed by atoms with van der Waals surface area (Å²) in [5.74, 6) is -1.07. The van der Waals surface area contributed by atoms with Crippen LogP contribution in [0.4, 0.5) is 5.13 Å². The van der Waals surface area contributed by atoms with E-state index in [0.717, 1.165) is 23.1 Å². The highest BCUT2D eigenvalue weighted by molar-refractivity contribution is 7.22. The number of piperidine rings is 1. The highest BCUT2D eigenvalue weighted by Gasteiger charge is 2.29. The van der Waals surface area contributed by atoms with Crippen LogP contribution in [0.25, 0.3) is 10.2 Å². The van der Waals surface area contributed by atoms with Crippen molar-refractivity contribution in [3.63, 3.8) is 0 Å². The molecule has 116 valence electrons. The van der Waals surface area contributed by atoms with Crippen LogP contribution in [0, 0.1) is 0 Å². The molecule has 1 aromatic carbocycles. The lowest BCUT2D eigenvalue weighted by Gasteiger charge is -2.31. The van der Waals surface area contributed by atoms with Gasteiger partial charge in [0.2, 0.25) is 5.91 Å². The van der Waals surface area contributed by atoms with Crippen molar-refractivity contribution in [3.8, 4) is 0 Å². The van der Waals surface area contributed by atoms with Crippen molar-refractivity contribution in [2.24, 2.45) is 0 Å². The Morgan fingerprint density at radius 2 is 2.18 bits per heavy atom. The zero-order valence-corrected chi connectivity index (χ0v) is 12.8. The van der Waals surface area contributed by atoms with Crippen LogP contribution in [0.1, 0.15) is 19.3 Å². The van der Waals surface area contributed by atoms with Crippen molar-refractivity contribution in [1.82, 2.24) is 9.88 Å². The number of carbonyl (C=O) groups excluding carboxylic acids is 1. The minimum atomic E-state index is -0.854. The molecule has 22 heavy (non-hydrogen) atoms. The fourth-order valence-electron chi connectivity index (χ4n) is 2.73. The van der Waals surface area contributed by atoms with E-state index in [1.165, 1.54) is 11.3 Å². The van der Waals surface area contributed by atoms with E-state index in [-0.39, 0.29) is 12.5 Å². The molecular formula is C15H17N3O3S. The van der Waals surface area contributed by atoms with Crippen molar-refractivity contribution >= 4 is 38.6 Å². The molecule has 0 spiro atoms. The Labute approximate surface area is 131 Å².